The number of para-hydroxylation sites is 2. The van der Waals surface area contributed by atoms with Crippen LogP contribution in [0, 0.1) is 0 Å². The average molecular weight is 791 g/mol. The summed E-state index contributed by atoms with van der Waals surface area (Å²) in [6.45, 7) is 0. The van der Waals surface area contributed by atoms with Gasteiger partial charge in [-0.05, 0) is 76.9 Å². The zero-order valence-electron chi connectivity index (χ0n) is 33.7. The fourth-order valence-electron chi connectivity index (χ4n) is 8.35. The zero-order valence-corrected chi connectivity index (χ0v) is 33.7. The van der Waals surface area contributed by atoms with Gasteiger partial charge in [0.15, 0.2) is 0 Å². The minimum atomic E-state index is 0.873. The van der Waals surface area contributed by atoms with E-state index in [-0.39, 0.29) is 0 Å². The lowest BCUT2D eigenvalue weighted by Crippen LogP contribution is -1.96. The number of nitrogens with zero attached hydrogens (tertiary/aromatic N) is 4. The monoisotopic (exact) mass is 790 g/mol. The Hall–Kier alpha value is -8.34. The van der Waals surface area contributed by atoms with Crippen LogP contribution in [-0.4, -0.2) is 19.9 Å². The quantitative estimate of drug-likeness (QED) is 0.154. The third-order valence-electron chi connectivity index (χ3n) is 11.4. The Balaban J connectivity index is 1.09. The Morgan fingerprint density at radius 3 is 0.935 bits per heavy atom. The van der Waals surface area contributed by atoms with E-state index in [1.54, 1.807) is 0 Å². The number of pyridine rings is 4. The van der Waals surface area contributed by atoms with Gasteiger partial charge >= 0.3 is 0 Å². The summed E-state index contributed by atoms with van der Waals surface area (Å²) >= 11 is 0. The van der Waals surface area contributed by atoms with E-state index in [0.717, 1.165) is 112 Å². The van der Waals surface area contributed by atoms with Gasteiger partial charge in [0.05, 0.1) is 45.2 Å². The molecule has 0 unspecified atom stereocenters. The van der Waals surface area contributed by atoms with Crippen molar-refractivity contribution in [3.8, 4) is 89.8 Å². The minimum absolute atomic E-state index is 0.873. The molecular weight excluding hydrogens is 753 g/mol. The van der Waals surface area contributed by atoms with Crippen LogP contribution < -0.4 is 0 Å². The van der Waals surface area contributed by atoms with E-state index in [9.17, 15) is 0 Å². The van der Waals surface area contributed by atoms with Gasteiger partial charge in [-0.2, -0.15) is 0 Å². The summed E-state index contributed by atoms with van der Waals surface area (Å²) < 4.78 is 0. The summed E-state index contributed by atoms with van der Waals surface area (Å²) in [5, 5.41) is 2.11. The summed E-state index contributed by atoms with van der Waals surface area (Å²) in [5.74, 6) is 0. The molecule has 11 aromatic rings. The Morgan fingerprint density at radius 1 is 0.194 bits per heavy atom. The smallest absolute Gasteiger partial charge is 0.0723 e. The molecule has 0 saturated carbocycles. The van der Waals surface area contributed by atoms with Crippen molar-refractivity contribution in [3.05, 3.63) is 231 Å². The third-order valence-corrected chi connectivity index (χ3v) is 11.4. The molecule has 4 nitrogen and oxygen atoms in total. The van der Waals surface area contributed by atoms with E-state index in [1.807, 2.05) is 24.3 Å². The number of benzene rings is 7. The highest BCUT2D eigenvalue weighted by atomic mass is 14.8. The normalized spacial score (nSPS) is 11.2. The van der Waals surface area contributed by atoms with E-state index in [2.05, 4.69) is 206 Å². The van der Waals surface area contributed by atoms with Crippen molar-refractivity contribution in [3.63, 3.8) is 0 Å². The molecule has 0 radical (unpaired) electrons. The van der Waals surface area contributed by atoms with Gasteiger partial charge in [0.2, 0.25) is 0 Å². The van der Waals surface area contributed by atoms with Crippen molar-refractivity contribution in [2.45, 2.75) is 0 Å². The molecule has 0 N–H and O–H groups in total. The molecule has 7 aromatic carbocycles. The number of rotatable bonds is 8. The largest absolute Gasteiger partial charge is 0.248 e. The zero-order chi connectivity index (χ0) is 41.2. The predicted octanol–water partition coefficient (Wildman–Crippen LogP) is 14.9. The van der Waals surface area contributed by atoms with Crippen molar-refractivity contribution in [2.24, 2.45) is 0 Å². The minimum Gasteiger partial charge on any atom is -0.248 e. The van der Waals surface area contributed by atoms with Gasteiger partial charge in [0.1, 0.15) is 0 Å². The van der Waals surface area contributed by atoms with Crippen molar-refractivity contribution in [1.29, 1.82) is 0 Å². The number of hydrogen-bond donors (Lipinski definition) is 0. The fourth-order valence-corrected chi connectivity index (χ4v) is 8.35. The Labute approximate surface area is 360 Å². The standard InChI is InChI=1S/C58H38N4/c1-5-18-39(19-6-1)45-33-53(61-57(35-45)49-37-55(41-22-9-3-10-23-41)59-51-30-15-13-28-47(49)51)43-26-17-27-44(32-43)54-34-46(40-20-7-2-8-21-40)36-58(62-54)50-38-56(42-24-11-4-12-25-42)60-52-31-16-14-29-48(50)52/h1-38H. The van der Waals surface area contributed by atoms with Crippen LogP contribution in [-0.2, 0) is 0 Å². The molecule has 290 valence electrons. The van der Waals surface area contributed by atoms with Crippen LogP contribution in [0.15, 0.2) is 231 Å². The first-order valence-electron chi connectivity index (χ1n) is 20.9. The molecule has 0 aliphatic heterocycles. The average Bonchev–Trinajstić information content (AvgIpc) is 3.36. The van der Waals surface area contributed by atoms with Gasteiger partial charge in [0.25, 0.3) is 0 Å². The van der Waals surface area contributed by atoms with E-state index < -0.39 is 0 Å². The van der Waals surface area contributed by atoms with Gasteiger partial charge in [-0.1, -0.05) is 176 Å². The van der Waals surface area contributed by atoms with Crippen LogP contribution in [0.1, 0.15) is 0 Å². The first-order chi connectivity index (χ1) is 30.7. The van der Waals surface area contributed by atoms with Gasteiger partial charge in [-0.25, -0.2) is 19.9 Å². The lowest BCUT2D eigenvalue weighted by molar-refractivity contribution is 1.30. The maximum Gasteiger partial charge on any atom is 0.0723 e. The maximum atomic E-state index is 5.47. The van der Waals surface area contributed by atoms with Crippen molar-refractivity contribution >= 4 is 21.8 Å². The summed E-state index contributed by atoms with van der Waals surface area (Å²) in [7, 11) is 0. The van der Waals surface area contributed by atoms with Gasteiger partial charge < -0.3 is 0 Å². The summed E-state index contributed by atoms with van der Waals surface area (Å²) in [4.78, 5) is 21.1. The Bertz CT molecular complexity index is 3160. The summed E-state index contributed by atoms with van der Waals surface area (Å²) in [6, 6.07) is 80.3. The van der Waals surface area contributed by atoms with Crippen molar-refractivity contribution in [1.82, 2.24) is 19.9 Å². The van der Waals surface area contributed by atoms with E-state index in [1.165, 1.54) is 0 Å². The first kappa shape index (κ1) is 36.7. The van der Waals surface area contributed by atoms with E-state index >= 15 is 0 Å². The highest BCUT2D eigenvalue weighted by molar-refractivity contribution is 5.98. The lowest BCUT2D eigenvalue weighted by atomic mass is 9.95. The molecule has 0 saturated heterocycles. The molecule has 0 fully saturated rings. The Morgan fingerprint density at radius 2 is 0.516 bits per heavy atom. The van der Waals surface area contributed by atoms with Gasteiger partial charge in [0, 0.05) is 44.2 Å². The lowest BCUT2D eigenvalue weighted by Gasteiger charge is -2.15. The molecule has 11 rings (SSSR count). The molecule has 0 amide bonds. The third kappa shape index (κ3) is 7.20. The molecular formula is C58H38N4. The molecule has 0 atom stereocenters. The van der Waals surface area contributed by atoms with Crippen LogP contribution in [0.3, 0.4) is 0 Å². The molecule has 4 heteroatoms. The predicted molar refractivity (Wildman–Crippen MR) is 256 cm³/mol. The molecule has 4 aromatic heterocycles. The molecule has 0 aliphatic rings. The van der Waals surface area contributed by atoms with Gasteiger partial charge in [-0.15, -0.1) is 0 Å². The fraction of sp³-hybridized carbons (Fsp3) is 0. The van der Waals surface area contributed by atoms with Crippen LogP contribution in [0.25, 0.3) is 112 Å². The van der Waals surface area contributed by atoms with E-state index in [0.29, 0.717) is 0 Å². The molecule has 62 heavy (non-hydrogen) atoms. The summed E-state index contributed by atoms with van der Waals surface area (Å²) in [5.41, 5.74) is 17.8. The molecule has 0 aliphatic carbocycles. The first-order valence-corrected chi connectivity index (χ1v) is 20.9. The van der Waals surface area contributed by atoms with E-state index in [4.69, 9.17) is 19.9 Å². The summed E-state index contributed by atoms with van der Waals surface area (Å²) in [6.07, 6.45) is 0. The van der Waals surface area contributed by atoms with Crippen LogP contribution in [0.5, 0.6) is 0 Å². The van der Waals surface area contributed by atoms with Gasteiger partial charge in [-0.3, -0.25) is 0 Å². The second kappa shape index (κ2) is 16.0. The van der Waals surface area contributed by atoms with Crippen molar-refractivity contribution < 1.29 is 0 Å². The molecule has 0 spiro atoms. The molecule has 4 heterocycles. The second-order valence-electron chi connectivity index (χ2n) is 15.4. The van der Waals surface area contributed by atoms with Crippen LogP contribution >= 0.6 is 0 Å². The van der Waals surface area contributed by atoms with Crippen molar-refractivity contribution in [2.75, 3.05) is 0 Å². The van der Waals surface area contributed by atoms with Crippen LogP contribution in [0.4, 0.5) is 0 Å². The highest BCUT2D eigenvalue weighted by Gasteiger charge is 2.17. The molecule has 0 bridgehead atoms. The van der Waals surface area contributed by atoms with Crippen LogP contribution in [0.2, 0.25) is 0 Å². The second-order valence-corrected chi connectivity index (χ2v) is 15.4. The topological polar surface area (TPSA) is 51.6 Å². The SMILES string of the molecule is c1ccc(-c2cc(-c3cccc(-c4cc(-c5ccccc5)cc(-c5cc(-c6ccccc6)nc6ccccc56)n4)c3)nc(-c3cc(-c4ccccc4)nc4ccccc34)c2)cc1. The number of aromatic nitrogens is 4. The Kier molecular flexibility index (Phi) is 9.49. The number of fused-ring (bicyclic) bond motifs is 2. The number of hydrogen-bond acceptors (Lipinski definition) is 4. The highest BCUT2D eigenvalue weighted by Crippen LogP contribution is 2.39. The maximum absolute atomic E-state index is 5.47.